The molecule has 0 spiro atoms. The van der Waals surface area contributed by atoms with E-state index in [9.17, 15) is 9.59 Å². The summed E-state index contributed by atoms with van der Waals surface area (Å²) in [6.07, 6.45) is -0.0687. The molecular formula is C19H19NO5. The maximum Gasteiger partial charge on any atom is 0.329 e. The molecule has 1 aliphatic heterocycles. The van der Waals surface area contributed by atoms with Gasteiger partial charge in [-0.2, -0.15) is 0 Å². The van der Waals surface area contributed by atoms with E-state index in [4.69, 9.17) is 14.2 Å². The fourth-order valence-electron chi connectivity index (χ4n) is 2.79. The standard InChI is InChI=1S/C19H19NO5/c1-23-15-9-8-13(10-17(15)24-2)16-11-14(19(22)25-16)20-18(21)12-6-4-3-5-7-12/h3-10,14,16H,11H2,1-2H3,(H,20,21)/t14-,16-/m0/s1. The lowest BCUT2D eigenvalue weighted by molar-refractivity contribution is -0.143. The molecule has 3 rings (SSSR count). The summed E-state index contributed by atoms with van der Waals surface area (Å²) < 4.78 is 15.9. The molecule has 1 aliphatic rings. The first-order valence-corrected chi connectivity index (χ1v) is 7.90. The second-order valence-electron chi connectivity index (χ2n) is 5.67. The predicted molar refractivity (Wildman–Crippen MR) is 90.7 cm³/mol. The van der Waals surface area contributed by atoms with Crippen molar-refractivity contribution >= 4 is 11.9 Å². The number of cyclic esters (lactones) is 1. The van der Waals surface area contributed by atoms with Crippen LogP contribution in [0.5, 0.6) is 11.5 Å². The highest BCUT2D eigenvalue weighted by Gasteiger charge is 2.36. The SMILES string of the molecule is COc1ccc([C@@H]2C[C@H](NC(=O)c3ccccc3)C(=O)O2)cc1OC. The van der Waals surface area contributed by atoms with Gasteiger partial charge >= 0.3 is 5.97 Å². The fraction of sp³-hybridized carbons (Fsp3) is 0.263. The highest BCUT2D eigenvalue weighted by Crippen LogP contribution is 2.35. The molecule has 6 heteroatoms. The average Bonchev–Trinajstić information content (AvgIpc) is 3.02. The number of ether oxygens (including phenoxy) is 3. The molecule has 25 heavy (non-hydrogen) atoms. The van der Waals surface area contributed by atoms with Crippen LogP contribution in [0.2, 0.25) is 0 Å². The molecule has 1 fully saturated rings. The molecule has 1 heterocycles. The zero-order valence-corrected chi connectivity index (χ0v) is 14.0. The van der Waals surface area contributed by atoms with E-state index < -0.39 is 18.1 Å². The number of hydrogen-bond acceptors (Lipinski definition) is 5. The van der Waals surface area contributed by atoms with Gasteiger partial charge in [-0.1, -0.05) is 24.3 Å². The zero-order valence-electron chi connectivity index (χ0n) is 14.0. The summed E-state index contributed by atoms with van der Waals surface area (Å²) in [6, 6.07) is 13.4. The Balaban J connectivity index is 1.71. The second-order valence-corrected chi connectivity index (χ2v) is 5.67. The minimum absolute atomic E-state index is 0.296. The maximum atomic E-state index is 12.2. The molecule has 0 unspecified atom stereocenters. The van der Waals surface area contributed by atoms with Crippen LogP contribution in [-0.4, -0.2) is 32.1 Å². The van der Waals surface area contributed by atoms with Crippen molar-refractivity contribution in [2.75, 3.05) is 14.2 Å². The third kappa shape index (κ3) is 3.57. The summed E-state index contributed by atoms with van der Waals surface area (Å²) >= 11 is 0. The molecular weight excluding hydrogens is 322 g/mol. The first-order chi connectivity index (χ1) is 12.1. The molecule has 130 valence electrons. The van der Waals surface area contributed by atoms with Crippen molar-refractivity contribution in [3.05, 3.63) is 59.7 Å². The largest absolute Gasteiger partial charge is 0.493 e. The van der Waals surface area contributed by atoms with Crippen LogP contribution < -0.4 is 14.8 Å². The lowest BCUT2D eigenvalue weighted by Crippen LogP contribution is -2.37. The Labute approximate surface area is 145 Å². The smallest absolute Gasteiger partial charge is 0.329 e. The molecule has 2 atom stereocenters. The van der Waals surface area contributed by atoms with Gasteiger partial charge in [-0.05, 0) is 29.8 Å². The molecule has 0 saturated carbocycles. The summed E-state index contributed by atoms with van der Waals surface area (Å²) in [5.74, 6) is 0.428. The monoisotopic (exact) mass is 341 g/mol. The summed E-state index contributed by atoms with van der Waals surface area (Å²) in [4.78, 5) is 24.3. The number of methoxy groups -OCH3 is 2. The number of carbonyl (C=O) groups is 2. The van der Waals surface area contributed by atoms with Crippen molar-refractivity contribution < 1.29 is 23.8 Å². The number of esters is 1. The average molecular weight is 341 g/mol. The van der Waals surface area contributed by atoms with E-state index >= 15 is 0 Å². The summed E-state index contributed by atoms with van der Waals surface area (Å²) in [7, 11) is 3.10. The lowest BCUT2D eigenvalue weighted by atomic mass is 10.0. The van der Waals surface area contributed by atoms with Gasteiger partial charge in [-0.15, -0.1) is 0 Å². The summed E-state index contributed by atoms with van der Waals surface area (Å²) in [6.45, 7) is 0. The van der Waals surface area contributed by atoms with Gasteiger partial charge in [0.05, 0.1) is 14.2 Å². The fourth-order valence-corrected chi connectivity index (χ4v) is 2.79. The first-order valence-electron chi connectivity index (χ1n) is 7.90. The Morgan fingerprint density at radius 1 is 1.08 bits per heavy atom. The van der Waals surface area contributed by atoms with E-state index in [2.05, 4.69) is 5.32 Å². The van der Waals surface area contributed by atoms with Gasteiger partial charge in [0.1, 0.15) is 12.1 Å². The van der Waals surface area contributed by atoms with Crippen molar-refractivity contribution in [1.29, 1.82) is 0 Å². The van der Waals surface area contributed by atoms with E-state index in [1.54, 1.807) is 50.6 Å². The molecule has 1 amide bonds. The van der Waals surface area contributed by atoms with Crippen molar-refractivity contribution in [3.63, 3.8) is 0 Å². The van der Waals surface area contributed by atoms with Crippen LogP contribution in [0.25, 0.3) is 0 Å². The van der Waals surface area contributed by atoms with Crippen molar-refractivity contribution in [2.24, 2.45) is 0 Å². The Kier molecular flexibility index (Phi) is 4.88. The predicted octanol–water partition coefficient (Wildman–Crippen LogP) is 2.49. The van der Waals surface area contributed by atoms with Gasteiger partial charge in [0.15, 0.2) is 11.5 Å². The van der Waals surface area contributed by atoms with Gasteiger partial charge in [0.2, 0.25) is 0 Å². The zero-order chi connectivity index (χ0) is 17.8. The van der Waals surface area contributed by atoms with Crippen molar-refractivity contribution in [2.45, 2.75) is 18.6 Å². The first kappa shape index (κ1) is 16.8. The number of hydrogen-bond donors (Lipinski definition) is 1. The summed E-state index contributed by atoms with van der Waals surface area (Å²) in [5.41, 5.74) is 1.30. The van der Waals surface area contributed by atoms with E-state index in [1.165, 1.54) is 0 Å². The Morgan fingerprint density at radius 3 is 2.48 bits per heavy atom. The van der Waals surface area contributed by atoms with Crippen LogP contribution >= 0.6 is 0 Å². The van der Waals surface area contributed by atoms with Gasteiger partial charge in [0, 0.05) is 12.0 Å². The van der Waals surface area contributed by atoms with Crippen molar-refractivity contribution in [1.82, 2.24) is 5.32 Å². The lowest BCUT2D eigenvalue weighted by Gasteiger charge is -2.13. The van der Waals surface area contributed by atoms with Crippen LogP contribution in [0.4, 0.5) is 0 Å². The van der Waals surface area contributed by atoms with Gasteiger partial charge in [0.25, 0.3) is 5.91 Å². The molecule has 0 bridgehead atoms. The van der Waals surface area contributed by atoms with Gasteiger partial charge < -0.3 is 19.5 Å². The minimum Gasteiger partial charge on any atom is -0.493 e. The molecule has 0 aromatic heterocycles. The molecule has 0 radical (unpaired) electrons. The molecule has 6 nitrogen and oxygen atoms in total. The minimum atomic E-state index is -0.675. The third-order valence-electron chi connectivity index (χ3n) is 4.11. The molecule has 2 aromatic carbocycles. The van der Waals surface area contributed by atoms with Gasteiger partial charge in [-0.3, -0.25) is 4.79 Å². The van der Waals surface area contributed by atoms with E-state index in [0.29, 0.717) is 23.5 Å². The highest BCUT2D eigenvalue weighted by molar-refractivity contribution is 5.97. The molecule has 0 aliphatic carbocycles. The Morgan fingerprint density at radius 2 is 1.80 bits per heavy atom. The van der Waals surface area contributed by atoms with Crippen LogP contribution in [0, 0.1) is 0 Å². The van der Waals surface area contributed by atoms with E-state index in [1.807, 2.05) is 12.1 Å². The molecule has 1 saturated heterocycles. The van der Waals surface area contributed by atoms with E-state index in [-0.39, 0.29) is 5.91 Å². The number of amides is 1. The Bertz CT molecular complexity index is 775. The van der Waals surface area contributed by atoms with Crippen LogP contribution in [-0.2, 0) is 9.53 Å². The quantitative estimate of drug-likeness (QED) is 0.846. The summed E-state index contributed by atoms with van der Waals surface area (Å²) in [5, 5.41) is 2.73. The van der Waals surface area contributed by atoms with E-state index in [0.717, 1.165) is 5.56 Å². The third-order valence-corrected chi connectivity index (χ3v) is 4.11. The number of nitrogens with one attached hydrogen (secondary N) is 1. The normalized spacial score (nSPS) is 19.2. The topological polar surface area (TPSA) is 73.9 Å². The van der Waals surface area contributed by atoms with Crippen LogP contribution in [0.15, 0.2) is 48.5 Å². The highest BCUT2D eigenvalue weighted by atomic mass is 16.6. The molecule has 1 N–H and O–H groups in total. The number of carbonyl (C=O) groups excluding carboxylic acids is 2. The van der Waals surface area contributed by atoms with Gasteiger partial charge in [-0.25, -0.2) is 4.79 Å². The number of benzene rings is 2. The Hall–Kier alpha value is -3.02. The molecule has 2 aromatic rings. The van der Waals surface area contributed by atoms with Crippen LogP contribution in [0.3, 0.4) is 0 Å². The second kappa shape index (κ2) is 7.25. The van der Waals surface area contributed by atoms with Crippen LogP contribution in [0.1, 0.15) is 28.4 Å². The van der Waals surface area contributed by atoms with Crippen molar-refractivity contribution in [3.8, 4) is 11.5 Å². The maximum absolute atomic E-state index is 12.2. The number of rotatable bonds is 5.